The Morgan fingerprint density at radius 2 is 1.86 bits per heavy atom. The average Bonchev–Trinajstić information content (AvgIpc) is 3.60. The summed E-state index contributed by atoms with van der Waals surface area (Å²) in [6, 6.07) is 12.8. The van der Waals surface area contributed by atoms with Crippen LogP contribution in [0.25, 0.3) is 11.2 Å². The minimum Gasteiger partial charge on any atom is -0.480 e. The molecule has 5 rings (SSSR count). The second-order valence-corrected chi connectivity index (χ2v) is 9.04. The van der Waals surface area contributed by atoms with E-state index < -0.39 is 29.7 Å². The average molecular weight is 582 g/mol. The number of aliphatic hydroxyl groups is 1. The van der Waals surface area contributed by atoms with E-state index in [1.54, 1.807) is 46.5 Å². The van der Waals surface area contributed by atoms with Crippen molar-refractivity contribution < 1.29 is 32.5 Å². The van der Waals surface area contributed by atoms with Crippen LogP contribution in [0.4, 0.5) is 19.1 Å². The summed E-state index contributed by atoms with van der Waals surface area (Å²) in [5, 5.41) is 19.1. The maximum Gasteiger partial charge on any atom is 0.387 e. The van der Waals surface area contributed by atoms with E-state index in [9.17, 15) is 18.7 Å². The fourth-order valence-electron chi connectivity index (χ4n) is 4.67. The van der Waals surface area contributed by atoms with E-state index in [-0.39, 0.29) is 46.5 Å². The summed E-state index contributed by atoms with van der Waals surface area (Å²) in [5.74, 6) is -2.00. The monoisotopic (exact) mass is 581 g/mol. The molecule has 0 spiro atoms. The largest absolute Gasteiger partial charge is 0.480 e. The lowest BCUT2D eigenvalue weighted by Gasteiger charge is -2.30. The molecule has 1 unspecified atom stereocenters. The molecule has 1 atom stereocenters. The van der Waals surface area contributed by atoms with Crippen LogP contribution in [0.1, 0.15) is 41.2 Å². The van der Waals surface area contributed by atoms with Crippen LogP contribution in [0.15, 0.2) is 60.9 Å². The molecule has 2 N–H and O–H groups in total. The number of imidazole rings is 1. The first-order chi connectivity index (χ1) is 20.2. The molecule has 0 saturated heterocycles. The molecule has 3 aromatic heterocycles. The van der Waals surface area contributed by atoms with Gasteiger partial charge in [-0.1, -0.05) is 30.3 Å². The Hall–Kier alpha value is -4.98. The van der Waals surface area contributed by atoms with E-state index in [0.29, 0.717) is 12.1 Å². The number of nitrogens with one attached hydrogen (secondary N) is 1. The Morgan fingerprint density at radius 1 is 1.10 bits per heavy atom. The molecule has 3 heterocycles. The number of aryl methyl sites for hydroxylation is 2. The molecular formula is C28H26F3N7O4. The van der Waals surface area contributed by atoms with Crippen molar-refractivity contribution in [3.63, 3.8) is 0 Å². The number of hydrogen-bond donors (Lipinski definition) is 2. The highest BCUT2D eigenvalue weighted by Gasteiger charge is 2.41. The number of alkyl halides is 2. The third-order valence-electron chi connectivity index (χ3n) is 6.62. The first kappa shape index (κ1) is 28.5. The number of fused-ring (bicyclic) bond motifs is 1. The molecule has 0 aliphatic carbocycles. The van der Waals surface area contributed by atoms with E-state index >= 15 is 4.39 Å². The van der Waals surface area contributed by atoms with Gasteiger partial charge in [0.15, 0.2) is 17.1 Å². The van der Waals surface area contributed by atoms with Gasteiger partial charge >= 0.3 is 6.61 Å². The summed E-state index contributed by atoms with van der Waals surface area (Å²) in [7, 11) is 1.34. The third-order valence-corrected chi connectivity index (χ3v) is 6.62. The molecule has 5 aromatic rings. The molecule has 0 fully saturated rings. The molecule has 42 heavy (non-hydrogen) atoms. The minimum atomic E-state index is -3.15. The van der Waals surface area contributed by atoms with Crippen molar-refractivity contribution in [2.24, 2.45) is 0 Å². The number of rotatable bonds is 10. The van der Waals surface area contributed by atoms with Crippen molar-refractivity contribution >= 4 is 23.0 Å². The summed E-state index contributed by atoms with van der Waals surface area (Å²) in [4.78, 5) is 26.3. The van der Waals surface area contributed by atoms with Crippen molar-refractivity contribution in [3.8, 4) is 11.6 Å². The zero-order chi connectivity index (χ0) is 30.0. The highest BCUT2D eigenvalue weighted by Crippen LogP contribution is 2.40. The van der Waals surface area contributed by atoms with Crippen LogP contribution in [0, 0.1) is 5.82 Å². The Kier molecular flexibility index (Phi) is 7.81. The number of ether oxygens (including phenoxy) is 2. The first-order valence-electron chi connectivity index (χ1n) is 12.9. The van der Waals surface area contributed by atoms with Gasteiger partial charge in [0.2, 0.25) is 11.8 Å². The summed E-state index contributed by atoms with van der Waals surface area (Å²) in [6.45, 7) is 1.28. The number of carbonyl (C=O) groups excluding carboxylic acids is 1. The molecule has 0 radical (unpaired) electrons. The number of amides is 1. The van der Waals surface area contributed by atoms with Crippen LogP contribution in [-0.2, 0) is 18.7 Å². The van der Waals surface area contributed by atoms with Crippen molar-refractivity contribution in [3.05, 3.63) is 89.3 Å². The summed E-state index contributed by atoms with van der Waals surface area (Å²) in [6.07, 6.45) is 1.47. The Morgan fingerprint density at radius 3 is 2.48 bits per heavy atom. The topological polar surface area (TPSA) is 129 Å². The molecule has 218 valence electrons. The number of nitrogens with zero attached hydrogens (tertiary/aromatic N) is 6. The van der Waals surface area contributed by atoms with Crippen molar-refractivity contribution in [1.82, 2.24) is 29.3 Å². The maximum atomic E-state index is 15.6. The Labute approximate surface area is 237 Å². The van der Waals surface area contributed by atoms with Gasteiger partial charge in [-0.3, -0.25) is 14.8 Å². The minimum absolute atomic E-state index is 0.0249. The number of benzene rings is 2. The van der Waals surface area contributed by atoms with Gasteiger partial charge in [0.1, 0.15) is 23.5 Å². The quantitative estimate of drug-likeness (QED) is 0.249. The van der Waals surface area contributed by atoms with Crippen molar-refractivity contribution in [1.29, 1.82) is 0 Å². The Balaban J connectivity index is 1.68. The van der Waals surface area contributed by atoms with E-state index in [0.717, 1.165) is 18.2 Å². The second kappa shape index (κ2) is 11.5. The van der Waals surface area contributed by atoms with Crippen LogP contribution in [-0.4, -0.2) is 54.0 Å². The SMILES string of the molecule is CCn1cnc(NC(=O)c2cc3c(nc2OC)nc(C(O)(c2ccccc2)c2ccc(OC(F)F)cc2F)n3CC)n1. The lowest BCUT2D eigenvalue weighted by molar-refractivity contribution is -0.0500. The zero-order valence-electron chi connectivity index (χ0n) is 22.8. The molecular weight excluding hydrogens is 555 g/mol. The van der Waals surface area contributed by atoms with Crippen LogP contribution < -0.4 is 14.8 Å². The lowest BCUT2D eigenvalue weighted by Crippen LogP contribution is -2.33. The number of hydrogen-bond acceptors (Lipinski definition) is 8. The summed E-state index contributed by atoms with van der Waals surface area (Å²) in [5.41, 5.74) is -1.72. The van der Waals surface area contributed by atoms with Gasteiger partial charge in [0.25, 0.3) is 5.91 Å². The fourth-order valence-corrected chi connectivity index (χ4v) is 4.67. The number of aromatic nitrogens is 6. The normalized spacial score (nSPS) is 12.9. The van der Waals surface area contributed by atoms with Crippen molar-refractivity contribution in [2.45, 2.75) is 39.1 Å². The van der Waals surface area contributed by atoms with E-state index in [1.165, 1.54) is 19.5 Å². The van der Waals surface area contributed by atoms with Gasteiger partial charge in [0, 0.05) is 24.7 Å². The predicted molar refractivity (Wildman–Crippen MR) is 145 cm³/mol. The third kappa shape index (κ3) is 5.11. The highest BCUT2D eigenvalue weighted by atomic mass is 19.3. The van der Waals surface area contributed by atoms with Crippen LogP contribution in [0.3, 0.4) is 0 Å². The number of carbonyl (C=O) groups is 1. The summed E-state index contributed by atoms with van der Waals surface area (Å²) >= 11 is 0. The molecule has 0 aliphatic heterocycles. The lowest BCUT2D eigenvalue weighted by atomic mass is 9.85. The van der Waals surface area contributed by atoms with E-state index in [4.69, 9.17) is 4.74 Å². The molecule has 0 saturated carbocycles. The molecule has 1 amide bonds. The number of halogens is 3. The number of methoxy groups -OCH3 is 1. The summed E-state index contributed by atoms with van der Waals surface area (Å²) < 4.78 is 53.9. The standard InChI is InChI=1S/C28H26F3N7O4/c1-4-37-15-32-27(36-37)35-23(39)18-14-21-22(33-24(18)41-3)34-25(38(21)5-2)28(40,16-9-7-6-8-10-16)19-12-11-17(13-20(19)29)42-26(30)31/h6-15,26,40H,4-5H2,1-3H3,(H,35,36,39). The van der Waals surface area contributed by atoms with E-state index in [1.807, 2.05) is 6.92 Å². The van der Waals surface area contributed by atoms with Gasteiger partial charge in [0.05, 0.1) is 12.6 Å². The first-order valence-corrected chi connectivity index (χ1v) is 12.9. The maximum absolute atomic E-state index is 15.6. The number of pyridine rings is 1. The van der Waals surface area contributed by atoms with Crippen LogP contribution in [0.5, 0.6) is 11.6 Å². The predicted octanol–water partition coefficient (Wildman–Crippen LogP) is 4.35. The van der Waals surface area contributed by atoms with Gasteiger partial charge in [-0.05, 0) is 37.6 Å². The Bertz CT molecular complexity index is 1740. The molecule has 0 bridgehead atoms. The van der Waals surface area contributed by atoms with Crippen LogP contribution in [0.2, 0.25) is 0 Å². The van der Waals surface area contributed by atoms with Gasteiger partial charge in [-0.15, -0.1) is 5.10 Å². The van der Waals surface area contributed by atoms with Crippen LogP contribution >= 0.6 is 0 Å². The molecule has 0 aliphatic rings. The van der Waals surface area contributed by atoms with Crippen molar-refractivity contribution in [2.75, 3.05) is 12.4 Å². The smallest absolute Gasteiger partial charge is 0.387 e. The van der Waals surface area contributed by atoms with Gasteiger partial charge in [-0.25, -0.2) is 14.4 Å². The van der Waals surface area contributed by atoms with Gasteiger partial charge in [-0.2, -0.15) is 13.8 Å². The van der Waals surface area contributed by atoms with E-state index in [2.05, 4.69) is 30.1 Å². The van der Waals surface area contributed by atoms with Gasteiger partial charge < -0.3 is 19.1 Å². The highest BCUT2D eigenvalue weighted by molar-refractivity contribution is 6.06. The zero-order valence-corrected chi connectivity index (χ0v) is 22.8. The molecule has 2 aromatic carbocycles. The second-order valence-electron chi connectivity index (χ2n) is 9.04. The fraction of sp³-hybridized carbons (Fsp3) is 0.250. The molecule has 14 heteroatoms. The number of anilines is 1. The molecule has 11 nitrogen and oxygen atoms in total.